The molecule has 0 aliphatic carbocycles. The van der Waals surface area contributed by atoms with Crippen LogP contribution in [-0.2, 0) is 30.7 Å². The maximum absolute atomic E-state index is 14.4. The zero-order chi connectivity index (χ0) is 23.6. The van der Waals surface area contributed by atoms with Crippen molar-refractivity contribution in [1.82, 2.24) is 4.31 Å². The molecule has 2 heterocycles. The van der Waals surface area contributed by atoms with Crippen LogP contribution in [-0.4, -0.2) is 63.6 Å². The van der Waals surface area contributed by atoms with E-state index >= 15 is 0 Å². The Balaban J connectivity index is 1.51. The lowest BCUT2D eigenvalue weighted by atomic mass is 10.0. The fourth-order valence-electron chi connectivity index (χ4n) is 4.02. The maximum Gasteiger partial charge on any atom is 0.338 e. The number of morpholine rings is 1. The van der Waals surface area contributed by atoms with E-state index in [1.165, 1.54) is 6.92 Å². The van der Waals surface area contributed by atoms with Crippen molar-refractivity contribution in [2.75, 3.05) is 37.7 Å². The standard InChI is InChI=1S/C23H25FN2O6S/c1-16(22(27)26-10-4-6-17-5-2-3-7-20(17)26)32-23(28)18-8-9-19(24)21(15-18)33(29,30)25-11-13-31-14-12-25/h2-3,5,7-9,15-16H,4,6,10-14H2,1H3/t16-/m1/s1. The SMILES string of the molecule is C[C@@H](OC(=O)c1ccc(F)c(S(=O)(=O)N2CCOCC2)c1)C(=O)N1CCCc2ccccc21. The molecule has 1 fully saturated rings. The highest BCUT2D eigenvalue weighted by Gasteiger charge is 2.32. The van der Waals surface area contributed by atoms with E-state index in [0.29, 0.717) is 6.54 Å². The van der Waals surface area contributed by atoms with Gasteiger partial charge >= 0.3 is 5.97 Å². The Bertz CT molecular complexity index is 1160. The number of sulfonamides is 1. The number of rotatable bonds is 5. The molecule has 0 N–H and O–H groups in total. The third-order valence-corrected chi connectivity index (χ3v) is 7.68. The molecule has 4 rings (SSSR count). The summed E-state index contributed by atoms with van der Waals surface area (Å²) in [5.41, 5.74) is 1.69. The van der Waals surface area contributed by atoms with Crippen LogP contribution in [0.3, 0.4) is 0 Å². The van der Waals surface area contributed by atoms with Gasteiger partial charge in [-0.2, -0.15) is 4.31 Å². The number of anilines is 1. The Morgan fingerprint density at radius 2 is 1.82 bits per heavy atom. The molecule has 0 unspecified atom stereocenters. The van der Waals surface area contributed by atoms with Crippen molar-refractivity contribution < 1.29 is 31.9 Å². The van der Waals surface area contributed by atoms with Gasteiger partial charge in [-0.1, -0.05) is 18.2 Å². The lowest BCUT2D eigenvalue weighted by molar-refractivity contribution is -0.126. The van der Waals surface area contributed by atoms with E-state index in [0.717, 1.165) is 46.6 Å². The van der Waals surface area contributed by atoms with Gasteiger partial charge in [-0.15, -0.1) is 0 Å². The molecule has 1 atom stereocenters. The minimum absolute atomic E-state index is 0.0965. The molecule has 2 aliphatic rings. The van der Waals surface area contributed by atoms with Crippen LogP contribution in [0, 0.1) is 5.82 Å². The highest BCUT2D eigenvalue weighted by molar-refractivity contribution is 7.89. The van der Waals surface area contributed by atoms with Gasteiger partial charge in [0, 0.05) is 25.3 Å². The number of ether oxygens (including phenoxy) is 2. The van der Waals surface area contributed by atoms with Crippen molar-refractivity contribution in [3.8, 4) is 0 Å². The highest BCUT2D eigenvalue weighted by Crippen LogP contribution is 2.28. The molecular formula is C23H25FN2O6S. The summed E-state index contributed by atoms with van der Waals surface area (Å²) in [5, 5.41) is 0. The molecule has 1 amide bonds. The molecule has 2 aliphatic heterocycles. The van der Waals surface area contributed by atoms with Gasteiger partial charge in [-0.3, -0.25) is 4.79 Å². The van der Waals surface area contributed by atoms with Gasteiger partial charge in [-0.25, -0.2) is 17.6 Å². The number of aryl methyl sites for hydroxylation is 1. The highest BCUT2D eigenvalue weighted by atomic mass is 32.2. The smallest absolute Gasteiger partial charge is 0.338 e. The van der Waals surface area contributed by atoms with E-state index < -0.39 is 32.8 Å². The minimum Gasteiger partial charge on any atom is -0.449 e. The van der Waals surface area contributed by atoms with E-state index in [2.05, 4.69) is 0 Å². The van der Waals surface area contributed by atoms with Crippen molar-refractivity contribution >= 4 is 27.6 Å². The first-order valence-corrected chi connectivity index (χ1v) is 12.2. The number of carbonyl (C=O) groups excluding carboxylic acids is 2. The average molecular weight is 477 g/mol. The van der Waals surface area contributed by atoms with Crippen molar-refractivity contribution in [3.05, 3.63) is 59.4 Å². The second-order valence-corrected chi connectivity index (χ2v) is 9.84. The molecule has 2 aromatic rings. The van der Waals surface area contributed by atoms with Gasteiger partial charge in [0.05, 0.1) is 18.8 Å². The summed E-state index contributed by atoms with van der Waals surface area (Å²) < 4.78 is 51.7. The van der Waals surface area contributed by atoms with Crippen LogP contribution in [0.15, 0.2) is 47.4 Å². The van der Waals surface area contributed by atoms with E-state index in [1.54, 1.807) is 4.90 Å². The van der Waals surface area contributed by atoms with Gasteiger partial charge in [0.1, 0.15) is 10.7 Å². The van der Waals surface area contributed by atoms with Crippen LogP contribution in [0.1, 0.15) is 29.3 Å². The summed E-state index contributed by atoms with van der Waals surface area (Å²) in [6.45, 7) is 2.59. The number of nitrogens with zero attached hydrogens (tertiary/aromatic N) is 2. The Kier molecular flexibility index (Phi) is 6.78. The molecule has 33 heavy (non-hydrogen) atoms. The molecule has 8 nitrogen and oxygen atoms in total. The number of fused-ring (bicyclic) bond motifs is 1. The van der Waals surface area contributed by atoms with E-state index in [-0.39, 0.29) is 37.8 Å². The van der Waals surface area contributed by atoms with Crippen molar-refractivity contribution in [3.63, 3.8) is 0 Å². The number of para-hydroxylation sites is 1. The number of hydrogen-bond acceptors (Lipinski definition) is 6. The number of esters is 1. The maximum atomic E-state index is 14.4. The Labute approximate surface area is 191 Å². The monoisotopic (exact) mass is 476 g/mol. The second kappa shape index (κ2) is 9.58. The third kappa shape index (κ3) is 4.78. The average Bonchev–Trinajstić information content (AvgIpc) is 2.83. The number of halogens is 1. The number of benzene rings is 2. The van der Waals surface area contributed by atoms with Gasteiger partial charge in [0.2, 0.25) is 10.0 Å². The lowest BCUT2D eigenvalue weighted by Crippen LogP contribution is -2.42. The Morgan fingerprint density at radius 3 is 2.58 bits per heavy atom. The largest absolute Gasteiger partial charge is 0.449 e. The summed E-state index contributed by atoms with van der Waals surface area (Å²) in [6.07, 6.45) is 0.557. The molecule has 0 bridgehead atoms. The van der Waals surface area contributed by atoms with E-state index in [1.807, 2.05) is 24.3 Å². The van der Waals surface area contributed by atoms with Crippen molar-refractivity contribution in [1.29, 1.82) is 0 Å². The van der Waals surface area contributed by atoms with Crippen LogP contribution in [0.2, 0.25) is 0 Å². The second-order valence-electron chi connectivity index (χ2n) is 7.93. The lowest BCUT2D eigenvalue weighted by Gasteiger charge is -2.31. The van der Waals surface area contributed by atoms with Gasteiger partial charge in [0.25, 0.3) is 5.91 Å². The quantitative estimate of drug-likeness (QED) is 0.616. The molecule has 0 aromatic heterocycles. The fourth-order valence-corrected chi connectivity index (χ4v) is 5.51. The van der Waals surface area contributed by atoms with Crippen LogP contribution in [0.5, 0.6) is 0 Å². The summed E-state index contributed by atoms with van der Waals surface area (Å²) in [6, 6.07) is 10.6. The van der Waals surface area contributed by atoms with Crippen LogP contribution in [0.25, 0.3) is 0 Å². The summed E-state index contributed by atoms with van der Waals surface area (Å²) >= 11 is 0. The summed E-state index contributed by atoms with van der Waals surface area (Å²) in [7, 11) is -4.15. The topological polar surface area (TPSA) is 93.2 Å². The zero-order valence-corrected chi connectivity index (χ0v) is 19.0. The third-order valence-electron chi connectivity index (χ3n) is 5.76. The summed E-state index contributed by atoms with van der Waals surface area (Å²) in [4.78, 5) is 26.7. The van der Waals surface area contributed by atoms with Crippen LogP contribution >= 0.6 is 0 Å². The molecule has 176 valence electrons. The Hall–Kier alpha value is -2.82. The molecule has 0 spiro atoms. The van der Waals surface area contributed by atoms with Gasteiger partial charge in [0.15, 0.2) is 6.10 Å². The van der Waals surface area contributed by atoms with Crippen LogP contribution in [0.4, 0.5) is 10.1 Å². The van der Waals surface area contributed by atoms with Crippen molar-refractivity contribution in [2.45, 2.75) is 30.8 Å². The molecule has 2 aromatic carbocycles. The van der Waals surface area contributed by atoms with Gasteiger partial charge < -0.3 is 14.4 Å². The molecule has 10 heteroatoms. The number of hydrogen-bond donors (Lipinski definition) is 0. The molecule has 0 radical (unpaired) electrons. The fraction of sp³-hybridized carbons (Fsp3) is 0.391. The zero-order valence-electron chi connectivity index (χ0n) is 18.2. The van der Waals surface area contributed by atoms with E-state index in [4.69, 9.17) is 9.47 Å². The number of amides is 1. The first-order chi connectivity index (χ1) is 15.8. The molecule has 1 saturated heterocycles. The Morgan fingerprint density at radius 1 is 1.09 bits per heavy atom. The van der Waals surface area contributed by atoms with E-state index in [9.17, 15) is 22.4 Å². The van der Waals surface area contributed by atoms with Gasteiger partial charge in [-0.05, 0) is 49.6 Å². The summed E-state index contributed by atoms with van der Waals surface area (Å²) in [5.74, 6) is -2.24. The first-order valence-electron chi connectivity index (χ1n) is 10.8. The first kappa shape index (κ1) is 23.3. The normalized spacial score (nSPS) is 17.8. The number of carbonyl (C=O) groups is 2. The van der Waals surface area contributed by atoms with Crippen molar-refractivity contribution in [2.24, 2.45) is 0 Å². The predicted octanol–water partition coefficient (Wildman–Crippen LogP) is 2.37. The molecule has 0 saturated carbocycles. The van der Waals surface area contributed by atoms with Crippen LogP contribution < -0.4 is 4.90 Å². The molecular weight excluding hydrogens is 451 g/mol. The predicted molar refractivity (Wildman–Crippen MR) is 118 cm³/mol. The minimum atomic E-state index is -4.15.